The number of hydrogen-bond donors (Lipinski definition) is 3. The summed E-state index contributed by atoms with van der Waals surface area (Å²) in [4.78, 5) is 27.9. The van der Waals surface area contributed by atoms with Gasteiger partial charge in [0.15, 0.2) is 6.23 Å². The third-order valence-electron chi connectivity index (χ3n) is 3.18. The largest absolute Gasteiger partial charge is 0.391 e. The van der Waals surface area contributed by atoms with Crippen molar-refractivity contribution in [1.82, 2.24) is 14.5 Å². The molecule has 5 atom stereocenters. The van der Waals surface area contributed by atoms with Crippen LogP contribution < -0.4 is 11.4 Å². The molecule has 8 nitrogen and oxygen atoms in total. The van der Waals surface area contributed by atoms with Crippen LogP contribution in [0.3, 0.4) is 0 Å². The first kappa shape index (κ1) is 15.4. The molecule has 2 unspecified atom stereocenters. The van der Waals surface area contributed by atoms with Crippen LogP contribution >= 0.6 is 0 Å². The summed E-state index contributed by atoms with van der Waals surface area (Å²) < 4.78 is 20.9. The van der Waals surface area contributed by atoms with Gasteiger partial charge in [-0.15, -0.1) is 5.92 Å². The number of aliphatic hydroxyl groups is 2. The molecule has 0 spiro atoms. The van der Waals surface area contributed by atoms with Gasteiger partial charge in [-0.3, -0.25) is 9.55 Å². The second-order valence-corrected chi connectivity index (χ2v) is 4.67. The van der Waals surface area contributed by atoms with Gasteiger partial charge in [0, 0.05) is 0 Å². The van der Waals surface area contributed by atoms with Crippen molar-refractivity contribution >= 4 is 0 Å². The Morgan fingerprint density at radius 2 is 2.29 bits per heavy atom. The van der Waals surface area contributed by atoms with E-state index in [2.05, 4.69) is 16.8 Å². The summed E-state index contributed by atoms with van der Waals surface area (Å²) in [6.07, 6.45) is -5.08. The fraction of sp³-hybridized carbons (Fsp3) is 0.583. The summed E-state index contributed by atoms with van der Waals surface area (Å²) in [7, 11) is 0. The Kier molecular flexibility index (Phi) is 3.95. The number of aliphatic hydroxyl groups excluding tert-OH is 2. The maximum absolute atomic E-state index is 15.0. The Bertz CT molecular complexity index is 703. The van der Waals surface area contributed by atoms with Crippen molar-refractivity contribution in [2.45, 2.75) is 44.1 Å². The smallest absolute Gasteiger partial charge is 0.350 e. The number of nitrogens with zero attached hydrogens (tertiary/aromatic N) is 2. The minimum Gasteiger partial charge on any atom is -0.391 e. The molecule has 0 saturated carbocycles. The van der Waals surface area contributed by atoms with Gasteiger partial charge in [0.05, 0.1) is 6.10 Å². The van der Waals surface area contributed by atoms with E-state index in [-0.39, 0.29) is 0 Å². The molecule has 1 aromatic rings. The molecule has 21 heavy (non-hydrogen) atoms. The van der Waals surface area contributed by atoms with Gasteiger partial charge < -0.3 is 14.9 Å². The lowest BCUT2D eigenvalue weighted by Gasteiger charge is -2.23. The zero-order valence-electron chi connectivity index (χ0n) is 11.3. The first-order valence-electron chi connectivity index (χ1n) is 6.13. The van der Waals surface area contributed by atoms with E-state index in [4.69, 9.17) is 4.74 Å². The van der Waals surface area contributed by atoms with E-state index >= 15 is 4.39 Å². The Hall–Kier alpha value is -2.02. The summed E-state index contributed by atoms with van der Waals surface area (Å²) in [6.45, 7) is 2.67. The average Bonchev–Trinajstić information content (AvgIpc) is 2.64. The van der Waals surface area contributed by atoms with Crippen molar-refractivity contribution in [3.05, 3.63) is 27.3 Å². The van der Waals surface area contributed by atoms with Crippen LogP contribution in [0.25, 0.3) is 0 Å². The minimum atomic E-state index is -2.62. The maximum Gasteiger partial charge on any atom is 0.350 e. The van der Waals surface area contributed by atoms with E-state index in [9.17, 15) is 19.8 Å². The molecular weight excluding hydrogens is 285 g/mol. The zero-order valence-corrected chi connectivity index (χ0v) is 11.3. The number of rotatable bonds is 2. The topological polar surface area (TPSA) is 117 Å². The van der Waals surface area contributed by atoms with Gasteiger partial charge in [0.1, 0.15) is 18.5 Å². The monoisotopic (exact) mass is 299 g/mol. The number of aromatic nitrogens is 3. The molecule has 1 fully saturated rings. The molecule has 1 aliphatic heterocycles. The van der Waals surface area contributed by atoms with Crippen LogP contribution in [0, 0.1) is 11.8 Å². The van der Waals surface area contributed by atoms with E-state index in [0.717, 1.165) is 6.33 Å². The van der Waals surface area contributed by atoms with Crippen molar-refractivity contribution in [3.63, 3.8) is 0 Å². The summed E-state index contributed by atoms with van der Waals surface area (Å²) in [6, 6.07) is 0. The molecule has 0 amide bonds. The quantitative estimate of drug-likeness (QED) is 0.560. The van der Waals surface area contributed by atoms with E-state index in [0.29, 0.717) is 4.57 Å². The number of H-pyrrole nitrogens is 1. The Morgan fingerprint density at radius 3 is 2.81 bits per heavy atom. The predicted molar refractivity (Wildman–Crippen MR) is 68.0 cm³/mol. The number of nitrogens with one attached hydrogen (secondary N) is 1. The molecule has 9 heteroatoms. The molecule has 0 radical (unpaired) electrons. The molecule has 3 N–H and O–H groups in total. The summed E-state index contributed by atoms with van der Waals surface area (Å²) in [5.41, 5.74) is -4.48. The molecule has 2 heterocycles. The highest BCUT2D eigenvalue weighted by Crippen LogP contribution is 2.41. The van der Waals surface area contributed by atoms with Crippen molar-refractivity contribution in [2.75, 3.05) is 0 Å². The molecule has 0 aromatic carbocycles. The molecule has 1 aromatic heterocycles. The number of aromatic amines is 1. The first-order valence-corrected chi connectivity index (χ1v) is 6.13. The fourth-order valence-corrected chi connectivity index (χ4v) is 2.20. The number of ether oxygens (including phenoxy) is 1. The van der Waals surface area contributed by atoms with Gasteiger partial charge in [-0.05, 0) is 13.8 Å². The Balaban J connectivity index is 2.56. The summed E-state index contributed by atoms with van der Waals surface area (Å²) in [5, 5.41) is 19.6. The highest BCUT2D eigenvalue weighted by molar-refractivity contribution is 5.22. The van der Waals surface area contributed by atoms with Crippen LogP contribution in [-0.2, 0) is 4.74 Å². The second-order valence-electron chi connectivity index (χ2n) is 4.67. The van der Waals surface area contributed by atoms with Crippen LogP contribution in [-0.4, -0.2) is 48.7 Å². The summed E-state index contributed by atoms with van der Waals surface area (Å²) >= 11 is 0. The second kappa shape index (κ2) is 5.40. The van der Waals surface area contributed by atoms with Gasteiger partial charge in [-0.1, -0.05) is 5.92 Å². The average molecular weight is 299 g/mol. The SMILES string of the molecule is CC#CC1(F)C(O)[C@@H]([C@H](C)O)O[C@H]1n1cnc(=O)[nH]c1=O. The van der Waals surface area contributed by atoms with E-state index in [1.165, 1.54) is 13.8 Å². The highest BCUT2D eigenvalue weighted by atomic mass is 19.1. The van der Waals surface area contributed by atoms with Gasteiger partial charge in [-0.2, -0.15) is 4.98 Å². The Labute approximate surface area is 118 Å². The third-order valence-corrected chi connectivity index (χ3v) is 3.18. The van der Waals surface area contributed by atoms with E-state index < -0.39 is 41.6 Å². The standard InChI is InChI=1S/C12H14FN3O5/c1-3-4-12(13)8(18)7(6(2)17)21-9(12)16-5-14-10(19)15-11(16)20/h5-9,17-18H,1-2H3,(H,15,19,20)/t6-,7+,8?,9+,12?/m0/s1. The van der Waals surface area contributed by atoms with Crippen molar-refractivity contribution < 1.29 is 19.3 Å². The lowest BCUT2D eigenvalue weighted by Crippen LogP contribution is -2.46. The molecular formula is C12H14FN3O5. The van der Waals surface area contributed by atoms with E-state index in [1.807, 2.05) is 4.98 Å². The number of hydrogen-bond acceptors (Lipinski definition) is 6. The van der Waals surface area contributed by atoms with Crippen LogP contribution in [0.1, 0.15) is 20.1 Å². The first-order chi connectivity index (χ1) is 9.81. The van der Waals surface area contributed by atoms with Crippen molar-refractivity contribution in [2.24, 2.45) is 0 Å². The molecule has 1 saturated heterocycles. The fourth-order valence-electron chi connectivity index (χ4n) is 2.20. The lowest BCUT2D eigenvalue weighted by atomic mass is 9.94. The van der Waals surface area contributed by atoms with Gasteiger partial charge in [0.2, 0.25) is 5.67 Å². The van der Waals surface area contributed by atoms with Crippen molar-refractivity contribution in [1.29, 1.82) is 0 Å². The normalized spacial score (nSPS) is 33.3. The maximum atomic E-state index is 15.0. The third kappa shape index (κ3) is 2.49. The molecule has 114 valence electrons. The lowest BCUT2D eigenvalue weighted by molar-refractivity contribution is -0.0807. The summed E-state index contributed by atoms with van der Waals surface area (Å²) in [5.74, 6) is 4.48. The van der Waals surface area contributed by atoms with Gasteiger partial charge >= 0.3 is 11.4 Å². The number of halogens is 1. The minimum absolute atomic E-state index is 0.678. The molecule has 0 bridgehead atoms. The van der Waals surface area contributed by atoms with Crippen LogP contribution in [0.15, 0.2) is 15.9 Å². The van der Waals surface area contributed by atoms with Crippen LogP contribution in [0.5, 0.6) is 0 Å². The number of alkyl halides is 1. The highest BCUT2D eigenvalue weighted by Gasteiger charge is 2.59. The van der Waals surface area contributed by atoms with Crippen molar-refractivity contribution in [3.8, 4) is 11.8 Å². The zero-order chi connectivity index (χ0) is 15.8. The molecule has 1 aliphatic rings. The van der Waals surface area contributed by atoms with E-state index in [1.54, 1.807) is 0 Å². The molecule has 2 rings (SSSR count). The Morgan fingerprint density at radius 1 is 1.62 bits per heavy atom. The van der Waals surface area contributed by atoms with Crippen LogP contribution in [0.4, 0.5) is 4.39 Å². The molecule has 0 aliphatic carbocycles. The van der Waals surface area contributed by atoms with Crippen LogP contribution in [0.2, 0.25) is 0 Å². The van der Waals surface area contributed by atoms with Gasteiger partial charge in [-0.25, -0.2) is 14.0 Å². The van der Waals surface area contributed by atoms with Gasteiger partial charge in [0.25, 0.3) is 0 Å². The predicted octanol–water partition coefficient (Wildman–Crippen LogP) is -1.70.